The van der Waals surface area contributed by atoms with E-state index >= 15 is 0 Å². The number of hydrogen-bond acceptors (Lipinski definition) is 6. The maximum absolute atomic E-state index is 11.5. The lowest BCUT2D eigenvalue weighted by atomic mass is 10.2. The molecular formula is C19H17N3O4. The van der Waals surface area contributed by atoms with E-state index in [4.69, 9.17) is 15.2 Å². The summed E-state index contributed by atoms with van der Waals surface area (Å²) in [6, 6.07) is 18.6. The average molecular weight is 351 g/mol. The van der Waals surface area contributed by atoms with Gasteiger partial charge in [-0.2, -0.15) is 0 Å². The van der Waals surface area contributed by atoms with Crippen molar-refractivity contribution in [1.82, 2.24) is 4.98 Å². The molecule has 7 heteroatoms. The van der Waals surface area contributed by atoms with E-state index in [1.165, 1.54) is 0 Å². The second-order valence-electron chi connectivity index (χ2n) is 5.32. The van der Waals surface area contributed by atoms with Crippen molar-refractivity contribution in [2.75, 3.05) is 6.61 Å². The predicted octanol–water partition coefficient (Wildman–Crippen LogP) is 3.24. The molecule has 26 heavy (non-hydrogen) atoms. The van der Waals surface area contributed by atoms with Crippen LogP contribution in [0.25, 0.3) is 10.9 Å². The van der Waals surface area contributed by atoms with E-state index in [1.54, 1.807) is 12.3 Å². The Hall–Kier alpha value is -3.61. The summed E-state index contributed by atoms with van der Waals surface area (Å²) in [6.45, 7) is 0.0366. The molecule has 7 nitrogen and oxygen atoms in total. The number of ether oxygens (including phenoxy) is 2. The fourth-order valence-corrected chi connectivity index (χ4v) is 2.21. The first-order valence-corrected chi connectivity index (χ1v) is 7.89. The van der Waals surface area contributed by atoms with E-state index in [-0.39, 0.29) is 19.0 Å². The number of nitrogens with zero attached hydrogens (tertiary/aromatic N) is 2. The summed E-state index contributed by atoms with van der Waals surface area (Å²) in [4.78, 5) is 20.4. The van der Waals surface area contributed by atoms with Gasteiger partial charge in [0.2, 0.25) is 0 Å². The van der Waals surface area contributed by atoms with Crippen molar-refractivity contribution < 1.29 is 19.1 Å². The number of amidine groups is 1. The highest BCUT2D eigenvalue weighted by atomic mass is 16.8. The van der Waals surface area contributed by atoms with Gasteiger partial charge >= 0.3 is 6.16 Å². The molecular weight excluding hydrogens is 334 g/mol. The first kappa shape index (κ1) is 17.2. The summed E-state index contributed by atoms with van der Waals surface area (Å²) in [5.74, 6) is 0.558. The van der Waals surface area contributed by atoms with Crippen LogP contribution in [0.3, 0.4) is 0 Å². The van der Waals surface area contributed by atoms with Gasteiger partial charge in [0.25, 0.3) is 0 Å². The Bertz CT molecular complexity index is 908. The molecule has 0 saturated carbocycles. The number of carbonyl (C=O) groups is 1. The van der Waals surface area contributed by atoms with E-state index in [0.29, 0.717) is 11.3 Å². The van der Waals surface area contributed by atoms with Crippen molar-refractivity contribution in [1.29, 1.82) is 0 Å². The predicted molar refractivity (Wildman–Crippen MR) is 96.6 cm³/mol. The average Bonchev–Trinajstić information content (AvgIpc) is 2.70. The molecule has 0 unspecified atom stereocenters. The van der Waals surface area contributed by atoms with Crippen LogP contribution in [0, 0.1) is 0 Å². The fourth-order valence-electron chi connectivity index (χ4n) is 2.21. The minimum absolute atomic E-state index is 0.00500. The molecule has 0 saturated heterocycles. The van der Waals surface area contributed by atoms with Gasteiger partial charge in [-0.15, -0.1) is 0 Å². The summed E-state index contributed by atoms with van der Waals surface area (Å²) in [7, 11) is 0. The van der Waals surface area contributed by atoms with Crippen LogP contribution >= 0.6 is 0 Å². The van der Waals surface area contributed by atoms with Crippen LogP contribution in [0.15, 0.2) is 72.0 Å². The third-order valence-corrected chi connectivity index (χ3v) is 3.41. The minimum atomic E-state index is -0.941. The van der Waals surface area contributed by atoms with Gasteiger partial charge in [-0.3, -0.25) is 9.82 Å². The topological polar surface area (TPSA) is 96.0 Å². The molecule has 0 aliphatic rings. The van der Waals surface area contributed by atoms with Crippen molar-refractivity contribution in [2.45, 2.75) is 6.61 Å². The maximum atomic E-state index is 11.5. The SMILES string of the molecule is NC(COc1cccc2cccnc12)=NOC(=O)OCc1ccccc1. The zero-order valence-corrected chi connectivity index (χ0v) is 13.9. The lowest BCUT2D eigenvalue weighted by Crippen LogP contribution is -2.22. The number of benzene rings is 2. The molecule has 3 aromatic rings. The summed E-state index contributed by atoms with van der Waals surface area (Å²) in [5, 5.41) is 4.45. The van der Waals surface area contributed by atoms with Crippen LogP contribution in [0.5, 0.6) is 5.75 Å². The zero-order chi connectivity index (χ0) is 18.2. The zero-order valence-electron chi connectivity index (χ0n) is 13.9. The highest BCUT2D eigenvalue weighted by Gasteiger charge is 2.07. The summed E-state index contributed by atoms with van der Waals surface area (Å²) in [5.41, 5.74) is 7.25. The maximum Gasteiger partial charge on any atom is 0.535 e. The van der Waals surface area contributed by atoms with Gasteiger partial charge in [-0.25, -0.2) is 4.79 Å². The number of nitrogens with two attached hydrogens (primary N) is 1. The molecule has 0 radical (unpaired) electrons. The Balaban J connectivity index is 1.49. The number of rotatable bonds is 6. The lowest BCUT2D eigenvalue weighted by molar-refractivity contribution is 0.0514. The number of carbonyl (C=O) groups excluding carboxylic acids is 1. The molecule has 0 fully saturated rings. The monoisotopic (exact) mass is 351 g/mol. The Morgan fingerprint density at radius 3 is 2.69 bits per heavy atom. The van der Waals surface area contributed by atoms with Gasteiger partial charge in [0.05, 0.1) is 0 Å². The third kappa shape index (κ3) is 4.70. The second-order valence-corrected chi connectivity index (χ2v) is 5.32. The van der Waals surface area contributed by atoms with Gasteiger partial charge in [0.15, 0.2) is 5.84 Å². The fraction of sp³-hybridized carbons (Fsp3) is 0.105. The molecule has 1 aromatic heterocycles. The summed E-state index contributed by atoms with van der Waals surface area (Å²) < 4.78 is 10.5. The van der Waals surface area contributed by atoms with Crippen molar-refractivity contribution in [3.05, 3.63) is 72.4 Å². The van der Waals surface area contributed by atoms with Gasteiger partial charge in [0.1, 0.15) is 24.5 Å². The summed E-state index contributed by atoms with van der Waals surface area (Å²) in [6.07, 6.45) is 0.738. The number of hydrogen-bond donors (Lipinski definition) is 1. The minimum Gasteiger partial charge on any atom is -0.483 e. The number of aromatic nitrogens is 1. The molecule has 132 valence electrons. The Labute approximate surface area is 150 Å². The van der Waals surface area contributed by atoms with Crippen molar-refractivity contribution in [3.8, 4) is 5.75 Å². The van der Waals surface area contributed by atoms with Crippen molar-refractivity contribution in [2.24, 2.45) is 10.9 Å². The molecule has 0 atom stereocenters. The standard InChI is InChI=1S/C19H17N3O4/c20-17(22-26-19(23)25-12-14-6-2-1-3-7-14)13-24-16-10-4-8-15-9-5-11-21-18(15)16/h1-11H,12-13H2,(H2,20,22). The van der Waals surface area contributed by atoms with Crippen LogP contribution in [0.1, 0.15) is 5.56 Å². The van der Waals surface area contributed by atoms with E-state index in [0.717, 1.165) is 10.9 Å². The molecule has 0 amide bonds. The molecule has 0 aliphatic heterocycles. The van der Waals surface area contributed by atoms with Crippen molar-refractivity contribution >= 4 is 22.9 Å². The largest absolute Gasteiger partial charge is 0.535 e. The van der Waals surface area contributed by atoms with Gasteiger partial charge in [-0.1, -0.05) is 53.7 Å². The molecule has 3 rings (SSSR count). The van der Waals surface area contributed by atoms with E-state index in [2.05, 4.69) is 15.0 Å². The number of pyridine rings is 1. The molecule has 0 bridgehead atoms. The highest BCUT2D eigenvalue weighted by Crippen LogP contribution is 2.22. The third-order valence-electron chi connectivity index (χ3n) is 3.41. The normalized spacial score (nSPS) is 11.2. The first-order chi connectivity index (χ1) is 12.7. The van der Waals surface area contributed by atoms with E-state index < -0.39 is 6.16 Å². The quantitative estimate of drug-likeness (QED) is 0.241. The van der Waals surface area contributed by atoms with Crippen LogP contribution in [0.4, 0.5) is 4.79 Å². The van der Waals surface area contributed by atoms with E-state index in [1.807, 2.05) is 54.6 Å². The van der Waals surface area contributed by atoms with Crippen LogP contribution in [-0.2, 0) is 16.2 Å². The Morgan fingerprint density at radius 1 is 1.04 bits per heavy atom. The second kappa shape index (κ2) is 8.48. The molecule has 0 aliphatic carbocycles. The smallest absolute Gasteiger partial charge is 0.483 e. The van der Waals surface area contributed by atoms with Gasteiger partial charge < -0.3 is 15.2 Å². The summed E-state index contributed by atoms with van der Waals surface area (Å²) >= 11 is 0. The van der Waals surface area contributed by atoms with Crippen LogP contribution in [-0.4, -0.2) is 23.6 Å². The van der Waals surface area contributed by atoms with Gasteiger partial charge in [0, 0.05) is 11.6 Å². The molecule has 0 spiro atoms. The molecule has 2 aromatic carbocycles. The number of oxime groups is 1. The first-order valence-electron chi connectivity index (χ1n) is 7.89. The number of fused-ring (bicyclic) bond motifs is 1. The Kier molecular flexibility index (Phi) is 5.61. The van der Waals surface area contributed by atoms with Gasteiger partial charge in [-0.05, 0) is 17.7 Å². The lowest BCUT2D eigenvalue weighted by Gasteiger charge is -2.08. The Morgan fingerprint density at radius 2 is 1.85 bits per heavy atom. The molecule has 2 N–H and O–H groups in total. The van der Waals surface area contributed by atoms with Crippen LogP contribution in [0.2, 0.25) is 0 Å². The van der Waals surface area contributed by atoms with Crippen molar-refractivity contribution in [3.63, 3.8) is 0 Å². The molecule has 1 heterocycles. The highest BCUT2D eigenvalue weighted by molar-refractivity contribution is 5.85. The van der Waals surface area contributed by atoms with E-state index in [9.17, 15) is 4.79 Å². The van der Waals surface area contributed by atoms with Crippen LogP contribution < -0.4 is 10.5 Å². The number of para-hydroxylation sites is 1.